The van der Waals surface area contributed by atoms with E-state index in [1.165, 1.54) is 6.08 Å². The molecule has 0 fully saturated rings. The van der Waals surface area contributed by atoms with E-state index in [1.807, 2.05) is 6.92 Å². The van der Waals surface area contributed by atoms with Crippen LogP contribution < -0.4 is 0 Å². The van der Waals surface area contributed by atoms with Crippen LogP contribution in [0.4, 0.5) is 0 Å². The van der Waals surface area contributed by atoms with Crippen molar-refractivity contribution in [2.45, 2.75) is 50.9 Å². The van der Waals surface area contributed by atoms with Gasteiger partial charge in [-0.3, -0.25) is 0 Å². The van der Waals surface area contributed by atoms with Gasteiger partial charge in [-0.25, -0.2) is 4.79 Å². The first-order chi connectivity index (χ1) is 7.15. The molecule has 0 aromatic carbocycles. The van der Waals surface area contributed by atoms with Gasteiger partial charge in [-0.1, -0.05) is 25.8 Å². The summed E-state index contributed by atoms with van der Waals surface area (Å²) in [7, 11) is 0. The third-order valence-corrected chi connectivity index (χ3v) is 2.52. The minimum Gasteiger partial charge on any atom is -0.456 e. The second-order valence-electron chi connectivity index (χ2n) is 3.81. The molecule has 2 N–H and O–H groups in total. The molecule has 0 bridgehead atoms. The van der Waals surface area contributed by atoms with Crippen molar-refractivity contribution in [2.24, 2.45) is 0 Å². The summed E-state index contributed by atoms with van der Waals surface area (Å²) in [6.45, 7) is 2.02. The summed E-state index contributed by atoms with van der Waals surface area (Å²) >= 11 is 0. The van der Waals surface area contributed by atoms with E-state index in [0.29, 0.717) is 12.8 Å². The Balaban J connectivity index is 2.41. The molecule has 0 aliphatic carbocycles. The molecule has 4 heteroatoms. The fourth-order valence-corrected chi connectivity index (χ4v) is 1.58. The zero-order chi connectivity index (χ0) is 11.3. The molecule has 3 atom stereocenters. The minimum atomic E-state index is -0.981. The average Bonchev–Trinajstić information content (AvgIpc) is 2.24. The standard InChI is InChI=1S/C11H18O4/c1-2-3-5-8(12)11(14)9-6-4-7-10(13)15-9/h4,7-9,11-12,14H,2-3,5-6H2,1H3. The van der Waals surface area contributed by atoms with Crippen LogP contribution in [0.1, 0.15) is 32.6 Å². The van der Waals surface area contributed by atoms with Crippen molar-refractivity contribution in [3.63, 3.8) is 0 Å². The van der Waals surface area contributed by atoms with E-state index in [1.54, 1.807) is 6.08 Å². The molecule has 15 heavy (non-hydrogen) atoms. The number of carbonyl (C=O) groups excluding carboxylic acids is 1. The lowest BCUT2D eigenvalue weighted by Crippen LogP contribution is -2.40. The van der Waals surface area contributed by atoms with E-state index < -0.39 is 24.3 Å². The molecule has 0 aromatic rings. The number of rotatable bonds is 5. The number of hydrogen-bond acceptors (Lipinski definition) is 4. The molecule has 0 saturated carbocycles. The van der Waals surface area contributed by atoms with Crippen LogP contribution in [-0.2, 0) is 9.53 Å². The monoisotopic (exact) mass is 214 g/mol. The quantitative estimate of drug-likeness (QED) is 0.663. The zero-order valence-corrected chi connectivity index (χ0v) is 8.93. The molecule has 3 unspecified atom stereocenters. The number of carbonyl (C=O) groups is 1. The van der Waals surface area contributed by atoms with Crippen LogP contribution in [0.25, 0.3) is 0 Å². The summed E-state index contributed by atoms with van der Waals surface area (Å²) < 4.78 is 4.91. The molecule has 1 aliphatic heterocycles. The number of cyclic esters (lactones) is 1. The van der Waals surface area contributed by atoms with E-state index in [9.17, 15) is 15.0 Å². The Bertz CT molecular complexity index is 237. The molecule has 1 aliphatic rings. The van der Waals surface area contributed by atoms with Crippen molar-refractivity contribution in [1.29, 1.82) is 0 Å². The van der Waals surface area contributed by atoms with Crippen molar-refractivity contribution in [3.8, 4) is 0 Å². The zero-order valence-electron chi connectivity index (χ0n) is 8.93. The van der Waals surface area contributed by atoms with Gasteiger partial charge in [-0.15, -0.1) is 0 Å². The molecule has 0 amide bonds. The van der Waals surface area contributed by atoms with E-state index >= 15 is 0 Å². The highest BCUT2D eigenvalue weighted by Crippen LogP contribution is 2.16. The van der Waals surface area contributed by atoms with E-state index in [0.717, 1.165) is 12.8 Å². The second kappa shape index (κ2) is 5.88. The molecule has 0 saturated heterocycles. The Hall–Kier alpha value is -0.870. The lowest BCUT2D eigenvalue weighted by molar-refractivity contribution is -0.155. The molecular weight excluding hydrogens is 196 g/mol. The van der Waals surface area contributed by atoms with Crippen LogP contribution in [0, 0.1) is 0 Å². The molecule has 0 spiro atoms. The third-order valence-electron chi connectivity index (χ3n) is 2.52. The summed E-state index contributed by atoms with van der Waals surface area (Å²) in [4.78, 5) is 10.9. The van der Waals surface area contributed by atoms with E-state index in [-0.39, 0.29) is 0 Å². The highest BCUT2D eigenvalue weighted by Gasteiger charge is 2.29. The minimum absolute atomic E-state index is 0.451. The first-order valence-corrected chi connectivity index (χ1v) is 5.38. The Morgan fingerprint density at radius 2 is 2.33 bits per heavy atom. The van der Waals surface area contributed by atoms with Gasteiger partial charge in [0.1, 0.15) is 12.2 Å². The number of esters is 1. The van der Waals surface area contributed by atoms with Gasteiger partial charge in [0.05, 0.1) is 6.10 Å². The summed E-state index contributed by atoms with van der Waals surface area (Å²) in [6, 6.07) is 0. The Morgan fingerprint density at radius 1 is 1.60 bits per heavy atom. The van der Waals surface area contributed by atoms with Gasteiger partial charge < -0.3 is 14.9 Å². The average molecular weight is 214 g/mol. The maximum absolute atomic E-state index is 10.9. The first-order valence-electron chi connectivity index (χ1n) is 5.38. The Labute approximate surface area is 89.6 Å². The number of ether oxygens (including phenoxy) is 1. The fourth-order valence-electron chi connectivity index (χ4n) is 1.58. The van der Waals surface area contributed by atoms with Crippen LogP contribution in [-0.4, -0.2) is 34.5 Å². The third kappa shape index (κ3) is 3.64. The maximum Gasteiger partial charge on any atom is 0.330 e. The van der Waals surface area contributed by atoms with Gasteiger partial charge in [-0.05, 0) is 6.42 Å². The molecule has 0 aromatic heterocycles. The number of aliphatic hydroxyl groups is 2. The molecule has 4 nitrogen and oxygen atoms in total. The molecule has 0 radical (unpaired) electrons. The van der Waals surface area contributed by atoms with E-state index in [4.69, 9.17) is 4.74 Å². The fraction of sp³-hybridized carbons (Fsp3) is 0.727. The predicted octanol–water partition coefficient (Wildman–Crippen LogP) is 0.770. The molecule has 1 heterocycles. The van der Waals surface area contributed by atoms with Crippen LogP contribution in [0.5, 0.6) is 0 Å². The Kier molecular flexibility index (Phi) is 4.78. The summed E-state index contributed by atoms with van der Waals surface area (Å²) in [5, 5.41) is 19.3. The van der Waals surface area contributed by atoms with Crippen molar-refractivity contribution >= 4 is 5.97 Å². The van der Waals surface area contributed by atoms with Crippen molar-refractivity contribution in [3.05, 3.63) is 12.2 Å². The van der Waals surface area contributed by atoms with Gasteiger partial charge in [0.15, 0.2) is 0 Å². The second-order valence-corrected chi connectivity index (χ2v) is 3.81. The molecule has 86 valence electrons. The number of hydrogen-bond donors (Lipinski definition) is 2. The highest BCUT2D eigenvalue weighted by molar-refractivity contribution is 5.82. The van der Waals surface area contributed by atoms with Gasteiger partial charge in [0.25, 0.3) is 0 Å². The molecular formula is C11H18O4. The lowest BCUT2D eigenvalue weighted by Gasteiger charge is -2.27. The number of unbranched alkanes of at least 4 members (excludes halogenated alkanes) is 1. The van der Waals surface area contributed by atoms with Crippen LogP contribution in [0.15, 0.2) is 12.2 Å². The highest BCUT2D eigenvalue weighted by atomic mass is 16.6. The Morgan fingerprint density at radius 3 is 2.93 bits per heavy atom. The topological polar surface area (TPSA) is 66.8 Å². The normalized spacial score (nSPS) is 24.7. The van der Waals surface area contributed by atoms with Crippen LogP contribution in [0.3, 0.4) is 0 Å². The van der Waals surface area contributed by atoms with Gasteiger partial charge in [0.2, 0.25) is 0 Å². The van der Waals surface area contributed by atoms with Gasteiger partial charge >= 0.3 is 5.97 Å². The summed E-state index contributed by atoms with van der Waals surface area (Å²) in [5.41, 5.74) is 0. The predicted molar refractivity (Wildman–Crippen MR) is 55.2 cm³/mol. The van der Waals surface area contributed by atoms with Crippen molar-refractivity contribution in [1.82, 2.24) is 0 Å². The largest absolute Gasteiger partial charge is 0.456 e. The smallest absolute Gasteiger partial charge is 0.330 e. The van der Waals surface area contributed by atoms with Crippen molar-refractivity contribution < 1.29 is 19.7 Å². The summed E-state index contributed by atoms with van der Waals surface area (Å²) in [6.07, 6.45) is 3.43. The van der Waals surface area contributed by atoms with Gasteiger partial charge in [-0.2, -0.15) is 0 Å². The van der Waals surface area contributed by atoms with E-state index in [2.05, 4.69) is 0 Å². The molecule has 1 rings (SSSR count). The lowest BCUT2D eigenvalue weighted by atomic mass is 9.99. The number of aliphatic hydroxyl groups excluding tert-OH is 2. The van der Waals surface area contributed by atoms with Crippen molar-refractivity contribution in [2.75, 3.05) is 0 Å². The SMILES string of the molecule is CCCCC(O)C(O)C1CC=CC(=O)O1. The van der Waals surface area contributed by atoms with Crippen LogP contribution >= 0.6 is 0 Å². The maximum atomic E-state index is 10.9. The first kappa shape index (κ1) is 12.2. The van der Waals surface area contributed by atoms with Crippen LogP contribution in [0.2, 0.25) is 0 Å². The summed E-state index contributed by atoms with van der Waals surface area (Å²) in [5.74, 6) is -0.451. The van der Waals surface area contributed by atoms with Gasteiger partial charge in [0, 0.05) is 12.5 Å².